The van der Waals surface area contributed by atoms with E-state index in [0.29, 0.717) is 19.8 Å². The van der Waals surface area contributed by atoms with E-state index in [2.05, 4.69) is 21.5 Å². The zero-order chi connectivity index (χ0) is 23.7. The highest BCUT2D eigenvalue weighted by Crippen LogP contribution is 2.24. The molecule has 0 radical (unpaired) electrons. The first kappa shape index (κ1) is 24.7. The number of carbonyl (C=O) groups is 1. The minimum absolute atomic E-state index is 0.0141. The van der Waals surface area contributed by atoms with Gasteiger partial charge in [0.2, 0.25) is 10.0 Å². The van der Waals surface area contributed by atoms with Gasteiger partial charge in [0.15, 0.2) is 0 Å². The maximum atomic E-state index is 12.9. The quantitative estimate of drug-likeness (QED) is 0.463. The van der Waals surface area contributed by atoms with Crippen LogP contribution in [0.3, 0.4) is 0 Å². The Labute approximate surface area is 194 Å². The van der Waals surface area contributed by atoms with Crippen molar-refractivity contribution in [2.45, 2.75) is 17.4 Å². The Bertz CT molecular complexity index is 1080. The molecular formula is C24H28N2O6S. The van der Waals surface area contributed by atoms with Crippen molar-refractivity contribution in [1.29, 1.82) is 0 Å². The Kier molecular flexibility index (Phi) is 8.86. The summed E-state index contributed by atoms with van der Waals surface area (Å²) in [6, 6.07) is 12.8. The summed E-state index contributed by atoms with van der Waals surface area (Å²) in [5.74, 6) is 5.94. The fourth-order valence-corrected chi connectivity index (χ4v) is 4.47. The van der Waals surface area contributed by atoms with Gasteiger partial charge in [-0.3, -0.25) is 9.69 Å². The number of hydrogen-bond acceptors (Lipinski definition) is 7. The maximum Gasteiger partial charge on any atom is 0.324 e. The Balaban J connectivity index is 1.66. The molecule has 0 spiro atoms. The fraction of sp³-hybridized carbons (Fsp3) is 0.375. The summed E-state index contributed by atoms with van der Waals surface area (Å²) < 4.78 is 43.4. The van der Waals surface area contributed by atoms with Crippen LogP contribution < -0.4 is 9.46 Å². The van der Waals surface area contributed by atoms with Crippen LogP contribution >= 0.6 is 0 Å². The lowest BCUT2D eigenvalue weighted by Gasteiger charge is -2.24. The molecule has 1 heterocycles. The van der Waals surface area contributed by atoms with Gasteiger partial charge < -0.3 is 14.2 Å². The van der Waals surface area contributed by atoms with Crippen LogP contribution in [-0.4, -0.2) is 72.4 Å². The third-order valence-corrected chi connectivity index (χ3v) is 6.70. The lowest BCUT2D eigenvalue weighted by molar-refractivity contribution is -0.142. The molecule has 0 aromatic heterocycles. The minimum atomic E-state index is -3.95. The first-order valence-corrected chi connectivity index (χ1v) is 12.0. The third-order valence-electron chi connectivity index (χ3n) is 5.21. The van der Waals surface area contributed by atoms with Gasteiger partial charge in [-0.05, 0) is 35.4 Å². The minimum Gasteiger partial charge on any atom is -0.497 e. The Morgan fingerprint density at radius 3 is 2.21 bits per heavy atom. The summed E-state index contributed by atoms with van der Waals surface area (Å²) in [5.41, 5.74) is 1.78. The number of hydrogen-bond donors (Lipinski definition) is 1. The van der Waals surface area contributed by atoms with E-state index in [1.54, 1.807) is 19.2 Å². The van der Waals surface area contributed by atoms with Gasteiger partial charge in [-0.1, -0.05) is 36.1 Å². The van der Waals surface area contributed by atoms with Gasteiger partial charge in [-0.2, -0.15) is 4.72 Å². The fourth-order valence-electron chi connectivity index (χ4n) is 3.28. The van der Waals surface area contributed by atoms with Crippen molar-refractivity contribution >= 4 is 16.0 Å². The normalized spacial score (nSPS) is 15.2. The second-order valence-electron chi connectivity index (χ2n) is 7.40. The van der Waals surface area contributed by atoms with Gasteiger partial charge in [0.25, 0.3) is 0 Å². The molecule has 0 amide bonds. The molecule has 9 heteroatoms. The molecule has 3 rings (SSSR count). The Morgan fingerprint density at radius 1 is 1.03 bits per heavy atom. The van der Waals surface area contributed by atoms with Crippen molar-refractivity contribution in [2.75, 3.05) is 47.1 Å². The molecule has 1 aliphatic heterocycles. The molecule has 1 saturated heterocycles. The Morgan fingerprint density at radius 2 is 1.64 bits per heavy atom. The zero-order valence-corrected chi connectivity index (χ0v) is 19.6. The summed E-state index contributed by atoms with van der Waals surface area (Å²) in [6.45, 7) is 3.48. The molecule has 2 aromatic rings. The van der Waals surface area contributed by atoms with Crippen LogP contribution in [0.15, 0.2) is 53.4 Å². The lowest BCUT2D eigenvalue weighted by Crippen LogP contribution is -2.41. The average molecular weight is 473 g/mol. The number of nitrogens with zero attached hydrogens (tertiary/aromatic N) is 1. The van der Waals surface area contributed by atoms with E-state index < -0.39 is 22.0 Å². The first-order valence-electron chi connectivity index (χ1n) is 10.5. The van der Waals surface area contributed by atoms with Gasteiger partial charge in [0.05, 0.1) is 38.9 Å². The molecule has 2 aromatic carbocycles. The van der Waals surface area contributed by atoms with E-state index >= 15 is 0 Å². The summed E-state index contributed by atoms with van der Waals surface area (Å²) in [6.07, 6.45) is 0.0141. The van der Waals surface area contributed by atoms with Crippen LogP contribution in [0.25, 0.3) is 11.1 Å². The number of ether oxygens (including phenoxy) is 3. The van der Waals surface area contributed by atoms with E-state index in [4.69, 9.17) is 14.2 Å². The first-order chi connectivity index (χ1) is 15.9. The van der Waals surface area contributed by atoms with Crippen molar-refractivity contribution in [2.24, 2.45) is 0 Å². The number of carbonyl (C=O) groups excluding carboxylic acids is 1. The van der Waals surface area contributed by atoms with Crippen molar-refractivity contribution < 1.29 is 27.4 Å². The van der Waals surface area contributed by atoms with Crippen molar-refractivity contribution in [1.82, 2.24) is 9.62 Å². The monoisotopic (exact) mass is 472 g/mol. The predicted molar refractivity (Wildman–Crippen MR) is 124 cm³/mol. The number of methoxy groups -OCH3 is 2. The predicted octanol–water partition coefficient (Wildman–Crippen LogP) is 1.91. The van der Waals surface area contributed by atoms with Crippen molar-refractivity contribution in [3.63, 3.8) is 0 Å². The van der Waals surface area contributed by atoms with Crippen LogP contribution in [0, 0.1) is 11.8 Å². The standard InChI is InChI=1S/C24H28N2O6S/c1-30-21-10-6-19(7-11-21)20-8-12-22(13-9-20)33(28,29)25-23(24(27)31-2)5-3-4-14-26-15-17-32-18-16-26/h6-13,23,25H,5,14-18H2,1-2H3. The van der Waals surface area contributed by atoms with Crippen molar-refractivity contribution in [3.05, 3.63) is 48.5 Å². The highest BCUT2D eigenvalue weighted by atomic mass is 32.2. The molecular weight excluding hydrogens is 444 g/mol. The van der Waals surface area contributed by atoms with Crippen LogP contribution in [-0.2, 0) is 24.3 Å². The van der Waals surface area contributed by atoms with Crippen molar-refractivity contribution in [3.8, 4) is 28.7 Å². The zero-order valence-electron chi connectivity index (χ0n) is 18.7. The summed E-state index contributed by atoms with van der Waals surface area (Å²) >= 11 is 0. The largest absolute Gasteiger partial charge is 0.497 e. The molecule has 0 bridgehead atoms. The van der Waals surface area contributed by atoms with Gasteiger partial charge >= 0.3 is 5.97 Å². The van der Waals surface area contributed by atoms with E-state index in [9.17, 15) is 13.2 Å². The molecule has 8 nitrogen and oxygen atoms in total. The SMILES string of the molecule is COC(=O)C(CC#CCN1CCOCC1)NS(=O)(=O)c1ccc(-c2ccc(OC)cc2)cc1. The molecule has 33 heavy (non-hydrogen) atoms. The second kappa shape index (κ2) is 11.8. The third kappa shape index (κ3) is 7.04. The lowest BCUT2D eigenvalue weighted by atomic mass is 10.1. The Hall–Kier alpha value is -2.90. The number of morpholine rings is 1. The molecule has 1 aliphatic rings. The molecule has 0 aliphatic carbocycles. The average Bonchev–Trinajstić information content (AvgIpc) is 2.86. The number of esters is 1. The topological polar surface area (TPSA) is 94.2 Å². The molecule has 0 saturated carbocycles. The second-order valence-corrected chi connectivity index (χ2v) is 9.11. The summed E-state index contributed by atoms with van der Waals surface area (Å²) in [7, 11) is -1.13. The summed E-state index contributed by atoms with van der Waals surface area (Å²) in [5, 5.41) is 0. The van der Waals surface area contributed by atoms with Crippen LogP contribution in [0.2, 0.25) is 0 Å². The molecule has 1 unspecified atom stereocenters. The highest BCUT2D eigenvalue weighted by molar-refractivity contribution is 7.89. The molecule has 176 valence electrons. The highest BCUT2D eigenvalue weighted by Gasteiger charge is 2.26. The number of nitrogens with one attached hydrogen (secondary N) is 1. The van der Waals surface area contributed by atoms with Gasteiger partial charge in [0, 0.05) is 19.5 Å². The van der Waals surface area contributed by atoms with Crippen LogP contribution in [0.5, 0.6) is 5.75 Å². The van der Waals surface area contributed by atoms with Gasteiger partial charge in [-0.25, -0.2) is 8.42 Å². The van der Waals surface area contributed by atoms with E-state index in [1.165, 1.54) is 19.2 Å². The maximum absolute atomic E-state index is 12.9. The van der Waals surface area contributed by atoms with E-state index in [-0.39, 0.29) is 11.3 Å². The smallest absolute Gasteiger partial charge is 0.324 e. The number of sulfonamides is 1. The number of rotatable bonds is 8. The molecule has 1 atom stereocenters. The number of benzene rings is 2. The van der Waals surface area contributed by atoms with Crippen LogP contribution in [0.4, 0.5) is 0 Å². The van der Waals surface area contributed by atoms with E-state index in [0.717, 1.165) is 30.0 Å². The summed E-state index contributed by atoms with van der Waals surface area (Å²) in [4.78, 5) is 14.3. The molecule has 1 N–H and O–H groups in total. The van der Waals surface area contributed by atoms with Gasteiger partial charge in [-0.15, -0.1) is 0 Å². The van der Waals surface area contributed by atoms with Gasteiger partial charge in [0.1, 0.15) is 11.8 Å². The van der Waals surface area contributed by atoms with Crippen LogP contribution in [0.1, 0.15) is 6.42 Å². The molecule has 1 fully saturated rings. The van der Waals surface area contributed by atoms with E-state index in [1.807, 2.05) is 24.3 Å².